The van der Waals surface area contributed by atoms with Crippen LogP contribution in [0.5, 0.6) is 0 Å². The van der Waals surface area contributed by atoms with Crippen molar-refractivity contribution in [1.82, 2.24) is 14.9 Å². The molecule has 1 aliphatic rings. The fourth-order valence-electron chi connectivity index (χ4n) is 2.57. The standard InChI is InChI=1S/C15H17ClFN5/c16-13-9-14(20-15(18)19-13)22-7-5-21(6-8-22)10-11-1-3-12(17)4-2-11/h1-4,9H,5-8,10H2,(H2,18,19,20). The Bertz CT molecular complexity index is 621. The number of nitrogens with zero attached hydrogens (tertiary/aromatic N) is 4. The van der Waals surface area contributed by atoms with Crippen LogP contribution < -0.4 is 10.6 Å². The first-order valence-electron chi connectivity index (χ1n) is 7.12. The average molecular weight is 322 g/mol. The molecule has 3 rings (SSSR count). The van der Waals surface area contributed by atoms with E-state index in [2.05, 4.69) is 19.8 Å². The molecule has 0 saturated carbocycles. The molecular weight excluding hydrogens is 305 g/mol. The second kappa shape index (κ2) is 6.46. The summed E-state index contributed by atoms with van der Waals surface area (Å²) in [5.41, 5.74) is 6.75. The summed E-state index contributed by atoms with van der Waals surface area (Å²) >= 11 is 5.92. The van der Waals surface area contributed by atoms with Gasteiger partial charge in [0.15, 0.2) is 0 Å². The Labute approximate surface area is 133 Å². The molecule has 0 atom stereocenters. The van der Waals surface area contributed by atoms with Crippen molar-refractivity contribution < 1.29 is 4.39 Å². The van der Waals surface area contributed by atoms with E-state index < -0.39 is 0 Å². The summed E-state index contributed by atoms with van der Waals surface area (Å²) in [4.78, 5) is 12.6. The quantitative estimate of drug-likeness (QED) is 0.878. The van der Waals surface area contributed by atoms with Crippen molar-refractivity contribution in [3.8, 4) is 0 Å². The first-order valence-corrected chi connectivity index (χ1v) is 7.50. The fourth-order valence-corrected chi connectivity index (χ4v) is 2.75. The summed E-state index contributed by atoms with van der Waals surface area (Å²) in [5.74, 6) is 0.752. The van der Waals surface area contributed by atoms with Crippen molar-refractivity contribution in [1.29, 1.82) is 0 Å². The van der Waals surface area contributed by atoms with E-state index >= 15 is 0 Å². The third-order valence-corrected chi connectivity index (χ3v) is 3.91. The maximum absolute atomic E-state index is 12.9. The van der Waals surface area contributed by atoms with Gasteiger partial charge in [0, 0.05) is 38.8 Å². The lowest BCUT2D eigenvalue weighted by atomic mass is 10.2. The van der Waals surface area contributed by atoms with Crippen LogP contribution >= 0.6 is 11.6 Å². The Kier molecular flexibility index (Phi) is 4.40. The summed E-state index contributed by atoms with van der Waals surface area (Å²) in [6.45, 7) is 4.31. The molecule has 1 aromatic heterocycles. The number of halogens is 2. The Morgan fingerprint density at radius 1 is 1.09 bits per heavy atom. The molecular formula is C15H17ClFN5. The van der Waals surface area contributed by atoms with E-state index in [0.29, 0.717) is 5.15 Å². The van der Waals surface area contributed by atoms with Crippen molar-refractivity contribution in [2.75, 3.05) is 36.8 Å². The zero-order valence-electron chi connectivity index (χ0n) is 12.0. The van der Waals surface area contributed by atoms with Crippen LogP contribution in [-0.4, -0.2) is 41.0 Å². The molecule has 1 saturated heterocycles. The molecule has 1 aromatic carbocycles. The van der Waals surface area contributed by atoms with Gasteiger partial charge in [-0.25, -0.2) is 9.37 Å². The van der Waals surface area contributed by atoms with Gasteiger partial charge in [0.2, 0.25) is 5.95 Å². The SMILES string of the molecule is Nc1nc(Cl)cc(N2CCN(Cc3ccc(F)cc3)CC2)n1. The Balaban J connectivity index is 1.59. The van der Waals surface area contributed by atoms with Crippen LogP contribution in [0.1, 0.15) is 5.56 Å². The van der Waals surface area contributed by atoms with Crippen LogP contribution in [0.15, 0.2) is 30.3 Å². The highest BCUT2D eigenvalue weighted by Crippen LogP contribution is 2.19. The fraction of sp³-hybridized carbons (Fsp3) is 0.333. The highest BCUT2D eigenvalue weighted by molar-refractivity contribution is 6.29. The van der Waals surface area contributed by atoms with Crippen molar-refractivity contribution in [3.63, 3.8) is 0 Å². The molecule has 1 fully saturated rings. The summed E-state index contributed by atoms with van der Waals surface area (Å²) in [6.07, 6.45) is 0. The van der Waals surface area contributed by atoms with Crippen LogP contribution in [0.3, 0.4) is 0 Å². The average Bonchev–Trinajstić information content (AvgIpc) is 2.49. The largest absolute Gasteiger partial charge is 0.368 e. The predicted molar refractivity (Wildman–Crippen MR) is 85.3 cm³/mol. The number of hydrogen-bond donors (Lipinski definition) is 1. The molecule has 2 heterocycles. The molecule has 0 spiro atoms. The van der Waals surface area contributed by atoms with Gasteiger partial charge in [0.25, 0.3) is 0 Å². The lowest BCUT2D eigenvalue weighted by Gasteiger charge is -2.35. The molecule has 0 amide bonds. The molecule has 0 aliphatic carbocycles. The van der Waals surface area contributed by atoms with Crippen LogP contribution in [-0.2, 0) is 6.54 Å². The van der Waals surface area contributed by atoms with E-state index in [-0.39, 0.29) is 11.8 Å². The van der Waals surface area contributed by atoms with E-state index in [1.807, 2.05) is 12.1 Å². The highest BCUT2D eigenvalue weighted by atomic mass is 35.5. The van der Waals surface area contributed by atoms with Crippen molar-refractivity contribution in [3.05, 3.63) is 46.9 Å². The predicted octanol–water partition coefficient (Wildman–Crippen LogP) is 2.17. The lowest BCUT2D eigenvalue weighted by Crippen LogP contribution is -2.46. The molecule has 116 valence electrons. The molecule has 2 aromatic rings. The number of benzene rings is 1. The number of piperazine rings is 1. The number of anilines is 2. The van der Waals surface area contributed by atoms with E-state index in [9.17, 15) is 4.39 Å². The van der Waals surface area contributed by atoms with E-state index in [1.165, 1.54) is 12.1 Å². The zero-order valence-corrected chi connectivity index (χ0v) is 12.8. The number of nitrogens with two attached hydrogens (primary N) is 1. The van der Waals surface area contributed by atoms with Crippen LogP contribution in [0.25, 0.3) is 0 Å². The minimum atomic E-state index is -0.202. The first kappa shape index (κ1) is 15.0. The van der Waals surface area contributed by atoms with Gasteiger partial charge in [-0.2, -0.15) is 4.98 Å². The molecule has 22 heavy (non-hydrogen) atoms. The van der Waals surface area contributed by atoms with Gasteiger partial charge in [-0.3, -0.25) is 4.90 Å². The number of aromatic nitrogens is 2. The lowest BCUT2D eigenvalue weighted by molar-refractivity contribution is 0.249. The smallest absolute Gasteiger partial charge is 0.223 e. The highest BCUT2D eigenvalue weighted by Gasteiger charge is 2.19. The molecule has 0 bridgehead atoms. The number of hydrogen-bond acceptors (Lipinski definition) is 5. The van der Waals surface area contributed by atoms with Gasteiger partial charge < -0.3 is 10.6 Å². The molecule has 0 radical (unpaired) electrons. The summed E-state index contributed by atoms with van der Waals surface area (Å²) in [7, 11) is 0. The van der Waals surface area contributed by atoms with E-state index in [1.54, 1.807) is 6.07 Å². The van der Waals surface area contributed by atoms with Gasteiger partial charge in [-0.1, -0.05) is 23.7 Å². The second-order valence-corrected chi connectivity index (χ2v) is 5.68. The van der Waals surface area contributed by atoms with Gasteiger partial charge in [-0.15, -0.1) is 0 Å². The monoisotopic (exact) mass is 321 g/mol. The zero-order chi connectivity index (χ0) is 15.5. The van der Waals surface area contributed by atoms with Crippen LogP contribution in [0, 0.1) is 5.82 Å². The van der Waals surface area contributed by atoms with Crippen molar-refractivity contribution in [2.24, 2.45) is 0 Å². The topological polar surface area (TPSA) is 58.3 Å². The minimum absolute atomic E-state index is 0.191. The van der Waals surface area contributed by atoms with Crippen LogP contribution in [0.4, 0.5) is 16.2 Å². The molecule has 7 heteroatoms. The maximum atomic E-state index is 12.9. The maximum Gasteiger partial charge on any atom is 0.223 e. The summed E-state index contributed by atoms with van der Waals surface area (Å²) in [5, 5.41) is 0.358. The summed E-state index contributed by atoms with van der Waals surface area (Å²) in [6, 6.07) is 8.38. The second-order valence-electron chi connectivity index (χ2n) is 5.30. The Hall–Kier alpha value is -1.92. The van der Waals surface area contributed by atoms with E-state index in [4.69, 9.17) is 17.3 Å². The van der Waals surface area contributed by atoms with Crippen molar-refractivity contribution in [2.45, 2.75) is 6.54 Å². The first-order chi connectivity index (χ1) is 10.6. The number of nitrogen functional groups attached to an aromatic ring is 1. The van der Waals surface area contributed by atoms with Gasteiger partial charge in [-0.05, 0) is 17.7 Å². The minimum Gasteiger partial charge on any atom is -0.368 e. The van der Waals surface area contributed by atoms with Gasteiger partial charge in [0.05, 0.1) is 0 Å². The van der Waals surface area contributed by atoms with E-state index in [0.717, 1.165) is 44.1 Å². The normalized spacial score (nSPS) is 16.0. The van der Waals surface area contributed by atoms with Crippen LogP contribution in [0.2, 0.25) is 5.15 Å². The van der Waals surface area contributed by atoms with Gasteiger partial charge >= 0.3 is 0 Å². The van der Waals surface area contributed by atoms with Gasteiger partial charge in [0.1, 0.15) is 16.8 Å². The molecule has 1 aliphatic heterocycles. The Morgan fingerprint density at radius 3 is 2.41 bits per heavy atom. The third-order valence-electron chi connectivity index (χ3n) is 3.71. The summed E-state index contributed by atoms with van der Waals surface area (Å²) < 4.78 is 12.9. The third kappa shape index (κ3) is 3.64. The Morgan fingerprint density at radius 2 is 1.77 bits per heavy atom. The molecule has 0 unspecified atom stereocenters. The molecule has 5 nitrogen and oxygen atoms in total. The van der Waals surface area contributed by atoms with Crippen molar-refractivity contribution >= 4 is 23.4 Å². The number of rotatable bonds is 3. The molecule has 2 N–H and O–H groups in total.